The lowest BCUT2D eigenvalue weighted by atomic mass is 9.85. The summed E-state index contributed by atoms with van der Waals surface area (Å²) in [6.07, 6.45) is 17.2. The van der Waals surface area contributed by atoms with Crippen molar-refractivity contribution in [3.05, 3.63) is 12.2 Å². The van der Waals surface area contributed by atoms with Crippen LogP contribution in [-0.4, -0.2) is 96.8 Å². The van der Waals surface area contributed by atoms with Gasteiger partial charge in [-0.1, -0.05) is 154 Å². The fourth-order valence-electron chi connectivity index (χ4n) is 6.43. The van der Waals surface area contributed by atoms with E-state index in [-0.39, 0.29) is 12.3 Å². The van der Waals surface area contributed by atoms with E-state index in [0.29, 0.717) is 6.42 Å². The van der Waals surface area contributed by atoms with Gasteiger partial charge in [0.25, 0.3) is 0 Å². The Bertz CT molecular complexity index is 926. The Labute approximate surface area is 308 Å². The van der Waals surface area contributed by atoms with E-state index in [4.69, 9.17) is 9.05 Å². The molecule has 0 spiro atoms. The summed E-state index contributed by atoms with van der Waals surface area (Å²) in [6, 6.07) is -1.11. The molecule has 0 aliphatic heterocycles. The molecule has 0 aromatic rings. The van der Waals surface area contributed by atoms with Gasteiger partial charge in [0.15, 0.2) is 0 Å². The molecule has 1 fully saturated rings. The first-order valence-electron chi connectivity index (χ1n) is 20.1. The molecule has 1 aliphatic rings. The lowest BCUT2D eigenvalue weighted by molar-refractivity contribution is -0.220. The van der Waals surface area contributed by atoms with Gasteiger partial charge in [-0.05, 0) is 19.3 Å². The normalized spacial score (nSPS) is 24.8. The number of aliphatic hydroxyl groups is 6. The van der Waals surface area contributed by atoms with Gasteiger partial charge in [0.2, 0.25) is 5.91 Å². The number of hydrogen-bond donors (Lipinski definition) is 8. The minimum atomic E-state index is -5.06. The van der Waals surface area contributed by atoms with Gasteiger partial charge in [0.05, 0.1) is 18.8 Å². The Kier molecular flexibility index (Phi) is 27.8. The fourth-order valence-corrected chi connectivity index (χ4v) is 7.40. The number of hydrogen-bond acceptors (Lipinski definition) is 10. The molecule has 0 aromatic heterocycles. The molecule has 1 aliphatic carbocycles. The van der Waals surface area contributed by atoms with E-state index in [1.165, 1.54) is 102 Å². The molecule has 9 atom stereocenters. The predicted octanol–water partition coefficient (Wildman–Crippen LogP) is 6.11. The predicted molar refractivity (Wildman–Crippen MR) is 200 cm³/mol. The molecule has 302 valence electrons. The van der Waals surface area contributed by atoms with Crippen LogP contribution in [0, 0.1) is 0 Å². The van der Waals surface area contributed by atoms with Crippen molar-refractivity contribution in [3.63, 3.8) is 0 Å². The van der Waals surface area contributed by atoms with E-state index in [9.17, 15) is 44.9 Å². The average Bonchev–Trinajstić information content (AvgIpc) is 3.11. The molecule has 1 saturated carbocycles. The molecular weight excluding hydrogens is 677 g/mol. The van der Waals surface area contributed by atoms with Crippen molar-refractivity contribution in [1.29, 1.82) is 0 Å². The lowest BCUT2D eigenvalue weighted by Gasteiger charge is -2.41. The fraction of sp³-hybridized carbons (Fsp3) is 0.921. The maximum atomic E-state index is 12.8. The van der Waals surface area contributed by atoms with Gasteiger partial charge in [0.1, 0.15) is 36.6 Å². The molecule has 6 unspecified atom stereocenters. The minimum absolute atomic E-state index is 0.217. The van der Waals surface area contributed by atoms with Crippen LogP contribution in [0.5, 0.6) is 0 Å². The molecule has 1 rings (SSSR count). The standard InChI is InChI=1S/C38H74NO11P/c1-3-5-7-9-11-13-15-16-18-19-21-23-25-27-31(40)30(39-32(41)28-26-24-22-20-17-14-12-10-8-6-4-2)29-49-51(47,48)50-38-36(45)34(43)33(42)35(44)37(38)46/h25,27,30-31,33-38,40,42-46H,3-24,26,28-29H2,1-2H3,(H,39,41)(H,47,48)/b27-25+/t30-,31+,33?,34+,35?,36?,37?,38?/m0/s1. The lowest BCUT2D eigenvalue weighted by Crippen LogP contribution is -2.64. The van der Waals surface area contributed by atoms with Crippen LogP contribution >= 0.6 is 7.82 Å². The van der Waals surface area contributed by atoms with Crippen molar-refractivity contribution in [2.45, 2.75) is 217 Å². The second-order valence-corrected chi connectivity index (χ2v) is 15.9. The molecule has 51 heavy (non-hydrogen) atoms. The SMILES string of the molecule is CCCCCCCCCCCCC/C=C/[C@@H](O)[C@H](COP(=O)(O)OC1C(O)C(O)C(O)[C@@H](O)C1O)NC(=O)CCCCCCCCCCCCC. The first-order chi connectivity index (χ1) is 24.4. The number of carbonyl (C=O) groups is 1. The molecule has 8 N–H and O–H groups in total. The second kappa shape index (κ2) is 29.4. The van der Waals surface area contributed by atoms with Crippen LogP contribution in [0.4, 0.5) is 0 Å². The van der Waals surface area contributed by atoms with Crippen LogP contribution in [0.2, 0.25) is 0 Å². The number of unbranched alkanes of at least 4 members (excludes halogenated alkanes) is 21. The van der Waals surface area contributed by atoms with Crippen LogP contribution in [0.15, 0.2) is 12.2 Å². The van der Waals surface area contributed by atoms with Crippen molar-refractivity contribution in [2.24, 2.45) is 0 Å². The molecule has 1 amide bonds. The van der Waals surface area contributed by atoms with Crippen molar-refractivity contribution in [1.82, 2.24) is 5.32 Å². The van der Waals surface area contributed by atoms with Gasteiger partial charge in [-0.25, -0.2) is 4.57 Å². The van der Waals surface area contributed by atoms with Gasteiger partial charge in [-0.3, -0.25) is 13.8 Å². The van der Waals surface area contributed by atoms with Crippen molar-refractivity contribution < 1.29 is 53.9 Å². The zero-order chi connectivity index (χ0) is 37.9. The van der Waals surface area contributed by atoms with Crippen LogP contribution in [0.3, 0.4) is 0 Å². The summed E-state index contributed by atoms with van der Waals surface area (Å²) in [4.78, 5) is 23.2. The number of phosphoric ester groups is 1. The van der Waals surface area contributed by atoms with Gasteiger partial charge in [-0.15, -0.1) is 0 Å². The molecule has 0 heterocycles. The van der Waals surface area contributed by atoms with Crippen molar-refractivity contribution >= 4 is 13.7 Å². The third kappa shape index (κ3) is 22.2. The topological polar surface area (TPSA) is 206 Å². The molecule has 12 nitrogen and oxygen atoms in total. The molecular formula is C38H74NO11P. The van der Waals surface area contributed by atoms with E-state index in [0.717, 1.165) is 44.9 Å². The Morgan fingerprint density at radius 1 is 0.647 bits per heavy atom. The van der Waals surface area contributed by atoms with Crippen molar-refractivity contribution in [2.75, 3.05) is 6.61 Å². The zero-order valence-electron chi connectivity index (χ0n) is 31.7. The van der Waals surface area contributed by atoms with Crippen LogP contribution in [0.1, 0.15) is 168 Å². The summed E-state index contributed by atoms with van der Waals surface area (Å²) < 4.78 is 22.8. The van der Waals surface area contributed by atoms with E-state index in [1.54, 1.807) is 0 Å². The Morgan fingerprint density at radius 3 is 1.49 bits per heavy atom. The third-order valence-electron chi connectivity index (χ3n) is 9.82. The number of phosphoric acid groups is 1. The molecule has 0 radical (unpaired) electrons. The van der Waals surface area contributed by atoms with E-state index >= 15 is 0 Å². The third-order valence-corrected chi connectivity index (χ3v) is 10.8. The van der Waals surface area contributed by atoms with Crippen molar-refractivity contribution in [3.8, 4) is 0 Å². The summed E-state index contributed by atoms with van der Waals surface area (Å²) in [5.41, 5.74) is 0. The number of allylic oxidation sites excluding steroid dienone is 1. The highest BCUT2D eigenvalue weighted by atomic mass is 31.2. The Morgan fingerprint density at radius 2 is 1.04 bits per heavy atom. The number of amides is 1. The number of carbonyl (C=O) groups excluding carboxylic acids is 1. The van der Waals surface area contributed by atoms with Crippen LogP contribution in [-0.2, 0) is 18.4 Å². The summed E-state index contributed by atoms with van der Waals surface area (Å²) in [7, 11) is -5.06. The minimum Gasteiger partial charge on any atom is -0.387 e. The maximum Gasteiger partial charge on any atom is 0.472 e. The zero-order valence-corrected chi connectivity index (χ0v) is 32.6. The van der Waals surface area contributed by atoms with Gasteiger partial charge >= 0.3 is 7.82 Å². The number of nitrogens with one attached hydrogen (secondary N) is 1. The maximum absolute atomic E-state index is 12.8. The molecule has 0 aromatic carbocycles. The number of rotatable bonds is 32. The second-order valence-electron chi connectivity index (χ2n) is 14.5. The highest BCUT2D eigenvalue weighted by Gasteiger charge is 2.51. The highest BCUT2D eigenvalue weighted by Crippen LogP contribution is 2.47. The summed E-state index contributed by atoms with van der Waals surface area (Å²) in [5, 5.41) is 63.7. The molecule has 13 heteroatoms. The Balaban J connectivity index is 2.59. The van der Waals surface area contributed by atoms with Gasteiger partial charge in [0, 0.05) is 6.42 Å². The van der Waals surface area contributed by atoms with Gasteiger partial charge in [-0.2, -0.15) is 0 Å². The largest absolute Gasteiger partial charge is 0.472 e. The van der Waals surface area contributed by atoms with E-state index in [1.807, 2.05) is 6.08 Å². The first kappa shape index (κ1) is 48.1. The quantitative estimate of drug-likeness (QED) is 0.0224. The number of aliphatic hydroxyl groups excluding tert-OH is 6. The summed E-state index contributed by atoms with van der Waals surface area (Å²) >= 11 is 0. The monoisotopic (exact) mass is 751 g/mol. The van der Waals surface area contributed by atoms with E-state index in [2.05, 4.69) is 19.2 Å². The van der Waals surface area contributed by atoms with Crippen LogP contribution in [0.25, 0.3) is 0 Å². The smallest absolute Gasteiger partial charge is 0.387 e. The highest BCUT2D eigenvalue weighted by molar-refractivity contribution is 7.47. The van der Waals surface area contributed by atoms with Crippen LogP contribution < -0.4 is 5.32 Å². The van der Waals surface area contributed by atoms with Gasteiger partial charge < -0.3 is 40.8 Å². The first-order valence-corrected chi connectivity index (χ1v) is 21.6. The Hall–Kier alpha value is -0.920. The average molecular weight is 752 g/mol. The summed E-state index contributed by atoms with van der Waals surface area (Å²) in [6.45, 7) is 3.79. The molecule has 0 saturated heterocycles. The molecule has 0 bridgehead atoms. The summed E-state index contributed by atoms with van der Waals surface area (Å²) in [5.74, 6) is -0.343. The van der Waals surface area contributed by atoms with E-state index < -0.39 is 63.2 Å².